The van der Waals surface area contributed by atoms with E-state index in [0.29, 0.717) is 41.0 Å². The molecule has 1 heterocycles. The summed E-state index contributed by atoms with van der Waals surface area (Å²) < 4.78 is 22.7. The van der Waals surface area contributed by atoms with Crippen LogP contribution in [0.15, 0.2) is 88.0 Å². The Morgan fingerprint density at radius 2 is 1.76 bits per heavy atom. The highest BCUT2D eigenvalue weighted by Gasteiger charge is 2.54. The molecule has 0 bridgehead atoms. The van der Waals surface area contributed by atoms with Gasteiger partial charge in [-0.2, -0.15) is 0 Å². The third-order valence-electron chi connectivity index (χ3n) is 7.28. The second-order valence-electron chi connectivity index (χ2n) is 10.1. The molecule has 0 spiro atoms. The van der Waals surface area contributed by atoms with Gasteiger partial charge in [0.05, 0.1) is 19.7 Å². The molecule has 3 N–H and O–H groups in total. The van der Waals surface area contributed by atoms with Crippen LogP contribution in [0.1, 0.15) is 34.8 Å². The lowest BCUT2D eigenvalue weighted by molar-refractivity contribution is -0.131. The smallest absolute Gasteiger partial charge is 0.266 e. The van der Waals surface area contributed by atoms with E-state index in [1.807, 2.05) is 24.3 Å². The van der Waals surface area contributed by atoms with Gasteiger partial charge in [-0.3, -0.25) is 10.2 Å². The molecule has 15 nitrogen and oxygen atoms in total. The van der Waals surface area contributed by atoms with Gasteiger partial charge in [0.1, 0.15) is 5.75 Å². The highest BCUT2D eigenvalue weighted by Crippen LogP contribution is 2.45. The van der Waals surface area contributed by atoms with E-state index >= 15 is 0 Å². The molecule has 0 radical (unpaired) electrons. The number of hydrazine groups is 1. The second kappa shape index (κ2) is 16.8. The van der Waals surface area contributed by atoms with Crippen LogP contribution < -0.4 is 15.6 Å². The Hall–Kier alpha value is -5.14. The zero-order chi connectivity index (χ0) is 32.8. The molecule has 4 rings (SSSR count). The number of ether oxygens (including phenoxy) is 4. The van der Waals surface area contributed by atoms with Crippen LogP contribution in [0.25, 0.3) is 20.9 Å². The maximum absolute atomic E-state index is 14.4. The summed E-state index contributed by atoms with van der Waals surface area (Å²) in [5, 5.41) is 16.7. The number of carbonyl (C=O) groups is 1. The summed E-state index contributed by atoms with van der Waals surface area (Å²) in [7, 11) is 2.96. The van der Waals surface area contributed by atoms with Crippen LogP contribution in [0.5, 0.6) is 5.75 Å². The summed E-state index contributed by atoms with van der Waals surface area (Å²) in [6, 6.07) is 21.1. The third kappa shape index (κ3) is 8.11. The van der Waals surface area contributed by atoms with Gasteiger partial charge >= 0.3 is 0 Å². The SMILES string of the molecule is COC(CNNC(=O)[C@@]1(Cc2ccccc2CN=[N+]=[N-])N=C(c2ccc(OCCCO)cc2)O[C@H]1c1ccccc1N=[N+]=[N-])OC. The first-order chi connectivity index (χ1) is 22.5. The van der Waals surface area contributed by atoms with Gasteiger partial charge in [-0.25, -0.2) is 10.4 Å². The summed E-state index contributed by atoms with van der Waals surface area (Å²) in [6.07, 6.45) is -1.18. The van der Waals surface area contributed by atoms with E-state index in [9.17, 15) is 10.3 Å². The van der Waals surface area contributed by atoms with Crippen LogP contribution in [-0.2, 0) is 32.0 Å². The van der Waals surface area contributed by atoms with Crippen LogP contribution in [0.4, 0.5) is 5.69 Å². The highest BCUT2D eigenvalue weighted by molar-refractivity contribution is 6.01. The van der Waals surface area contributed by atoms with E-state index in [1.54, 1.807) is 48.5 Å². The van der Waals surface area contributed by atoms with Gasteiger partial charge in [0.25, 0.3) is 5.91 Å². The summed E-state index contributed by atoms with van der Waals surface area (Å²) in [4.78, 5) is 25.3. The van der Waals surface area contributed by atoms with Gasteiger partial charge in [-0.1, -0.05) is 58.8 Å². The summed E-state index contributed by atoms with van der Waals surface area (Å²) in [6.45, 7) is 0.548. The molecule has 0 fully saturated rings. The number of methoxy groups -OCH3 is 2. The largest absolute Gasteiger partial charge is 0.494 e. The standard InChI is InChI=1S/C31H35N9O6/c1-43-27(44-2)20-34-38-30(42)31(18-22-8-3-4-9-23(22)19-35-39-32)28(25-10-5-6-11-26(25)37-40-33)46-29(36-31)21-12-14-24(15-13-21)45-17-7-16-41/h3-6,8-15,27-28,34,41H,7,16-20H2,1-2H3,(H,38,42)/t28-,31-/m0/s1. The number of amides is 1. The van der Waals surface area contributed by atoms with Crippen molar-refractivity contribution in [2.45, 2.75) is 37.3 Å². The number of hydrogen-bond acceptors (Lipinski definition) is 10. The average Bonchev–Trinajstić information content (AvgIpc) is 3.47. The number of azide groups is 2. The molecular weight excluding hydrogens is 594 g/mol. The predicted octanol–water partition coefficient (Wildman–Crippen LogP) is 4.94. The van der Waals surface area contributed by atoms with Crippen molar-refractivity contribution in [3.8, 4) is 5.75 Å². The molecule has 15 heteroatoms. The fourth-order valence-electron chi connectivity index (χ4n) is 4.98. The zero-order valence-corrected chi connectivity index (χ0v) is 25.4. The minimum atomic E-state index is -1.65. The van der Waals surface area contributed by atoms with E-state index in [4.69, 9.17) is 34.6 Å². The number of aliphatic hydroxyl groups excluding tert-OH is 1. The van der Waals surface area contributed by atoms with Crippen molar-refractivity contribution >= 4 is 17.5 Å². The Bertz CT molecular complexity index is 1600. The number of nitrogens with one attached hydrogen (secondary N) is 2. The summed E-state index contributed by atoms with van der Waals surface area (Å²) >= 11 is 0. The molecule has 0 aliphatic carbocycles. The fourth-order valence-corrected chi connectivity index (χ4v) is 4.98. The number of benzene rings is 3. The molecule has 2 atom stereocenters. The van der Waals surface area contributed by atoms with Crippen LogP contribution in [0.3, 0.4) is 0 Å². The van der Waals surface area contributed by atoms with Gasteiger partial charge in [0, 0.05) is 60.3 Å². The molecule has 0 saturated carbocycles. The summed E-state index contributed by atoms with van der Waals surface area (Å²) in [5.41, 5.74) is 25.0. The maximum Gasteiger partial charge on any atom is 0.266 e. The van der Waals surface area contributed by atoms with Crippen LogP contribution in [0.2, 0.25) is 0 Å². The van der Waals surface area contributed by atoms with Crippen LogP contribution in [0, 0.1) is 0 Å². The van der Waals surface area contributed by atoms with Gasteiger partial charge in [-0.05, 0) is 46.5 Å². The van der Waals surface area contributed by atoms with E-state index in [2.05, 4.69) is 30.9 Å². The molecule has 0 saturated heterocycles. The Balaban J connectivity index is 1.85. The molecule has 1 amide bonds. The Labute approximate surface area is 265 Å². The first-order valence-corrected chi connectivity index (χ1v) is 14.4. The molecule has 1 aliphatic rings. The Morgan fingerprint density at radius 1 is 1.04 bits per heavy atom. The van der Waals surface area contributed by atoms with Gasteiger partial charge in [-0.15, -0.1) is 0 Å². The first-order valence-electron chi connectivity index (χ1n) is 14.4. The molecule has 3 aromatic rings. The Morgan fingerprint density at radius 3 is 2.46 bits per heavy atom. The number of carbonyl (C=O) groups excluding carboxylic acids is 1. The van der Waals surface area contributed by atoms with E-state index < -0.39 is 23.8 Å². The van der Waals surface area contributed by atoms with E-state index in [1.165, 1.54) is 14.2 Å². The van der Waals surface area contributed by atoms with Crippen molar-refractivity contribution < 1.29 is 28.8 Å². The molecule has 0 unspecified atom stereocenters. The Kier molecular flexibility index (Phi) is 12.3. The quantitative estimate of drug-likeness (QED) is 0.0467. The number of aliphatic hydroxyl groups is 1. The molecule has 240 valence electrons. The van der Waals surface area contributed by atoms with Crippen molar-refractivity contribution in [2.75, 3.05) is 34.0 Å². The number of rotatable bonds is 17. The lowest BCUT2D eigenvalue weighted by atomic mass is 9.80. The topological polar surface area (TPSA) is 208 Å². The van der Waals surface area contributed by atoms with Crippen LogP contribution in [-0.4, -0.2) is 62.7 Å². The molecule has 46 heavy (non-hydrogen) atoms. The number of aliphatic imine (C=N–C) groups is 1. The van der Waals surface area contributed by atoms with E-state index in [-0.39, 0.29) is 37.7 Å². The molecule has 3 aromatic carbocycles. The van der Waals surface area contributed by atoms with Crippen molar-refractivity contribution in [3.63, 3.8) is 0 Å². The zero-order valence-electron chi connectivity index (χ0n) is 25.4. The van der Waals surface area contributed by atoms with E-state index in [0.717, 1.165) is 0 Å². The average molecular weight is 630 g/mol. The second-order valence-corrected chi connectivity index (χ2v) is 10.1. The van der Waals surface area contributed by atoms with Gasteiger partial charge in [0.15, 0.2) is 17.9 Å². The molecular formula is C31H35N9O6. The number of nitrogens with zero attached hydrogens (tertiary/aromatic N) is 7. The first kappa shape index (κ1) is 33.7. The molecule has 0 aromatic heterocycles. The minimum absolute atomic E-state index is 0.0179. The monoisotopic (exact) mass is 629 g/mol. The highest BCUT2D eigenvalue weighted by atomic mass is 16.7. The normalized spacial score (nSPS) is 17.0. The van der Waals surface area contributed by atoms with Crippen LogP contribution >= 0.6 is 0 Å². The predicted molar refractivity (Wildman–Crippen MR) is 169 cm³/mol. The van der Waals surface area contributed by atoms with Crippen molar-refractivity contribution in [1.29, 1.82) is 0 Å². The number of hydrogen-bond donors (Lipinski definition) is 3. The minimum Gasteiger partial charge on any atom is -0.494 e. The van der Waals surface area contributed by atoms with Crippen molar-refractivity contribution in [3.05, 3.63) is 116 Å². The maximum atomic E-state index is 14.4. The fraction of sp³-hybridized carbons (Fsp3) is 0.355. The van der Waals surface area contributed by atoms with Gasteiger partial charge in [0.2, 0.25) is 5.90 Å². The van der Waals surface area contributed by atoms with Crippen molar-refractivity contribution in [2.24, 2.45) is 15.2 Å². The summed E-state index contributed by atoms with van der Waals surface area (Å²) in [5.74, 6) is 0.223. The van der Waals surface area contributed by atoms with Gasteiger partial charge < -0.3 is 24.1 Å². The molecule has 1 aliphatic heterocycles. The lowest BCUT2D eigenvalue weighted by Gasteiger charge is -2.32. The van der Waals surface area contributed by atoms with Crippen molar-refractivity contribution in [1.82, 2.24) is 10.9 Å². The third-order valence-corrected chi connectivity index (χ3v) is 7.28. The lowest BCUT2D eigenvalue weighted by Crippen LogP contribution is -2.55.